The van der Waals surface area contributed by atoms with Gasteiger partial charge in [-0.3, -0.25) is 4.79 Å². The Balaban J connectivity index is 0. The van der Waals surface area contributed by atoms with Gasteiger partial charge in [0, 0.05) is 6.42 Å². The van der Waals surface area contributed by atoms with E-state index in [9.17, 15) is 4.79 Å². The average Bonchev–Trinajstić information content (AvgIpc) is 1.68. The van der Waals surface area contributed by atoms with Crippen molar-refractivity contribution in [2.24, 2.45) is 0 Å². The lowest BCUT2D eigenvalue weighted by molar-refractivity contribution is -0.140. The molecule has 0 N–H and O–H groups in total. The first-order chi connectivity index (χ1) is 3.31. The number of halogens is 1. The van der Waals surface area contributed by atoms with E-state index in [1.807, 2.05) is 6.92 Å². The van der Waals surface area contributed by atoms with Gasteiger partial charge >= 0.3 is 5.97 Å². The fraction of sp³-hybridized carbons (Fsp3) is 0.800. The molecule has 0 aliphatic rings. The van der Waals surface area contributed by atoms with Crippen molar-refractivity contribution in [2.75, 3.05) is 7.11 Å². The molecule has 50 valence electrons. The third-order valence-electron chi connectivity index (χ3n) is 0.682. The SMILES string of the molecule is CCCC(=O)OC.I. The third-order valence-corrected chi connectivity index (χ3v) is 0.682. The Bertz CT molecular complexity index is 63.4. The van der Waals surface area contributed by atoms with Crippen molar-refractivity contribution >= 4 is 29.9 Å². The first-order valence-electron chi connectivity index (χ1n) is 2.38. The predicted molar refractivity (Wildman–Crippen MR) is 42.3 cm³/mol. The van der Waals surface area contributed by atoms with E-state index in [1.54, 1.807) is 0 Å². The van der Waals surface area contributed by atoms with Crippen molar-refractivity contribution in [1.29, 1.82) is 0 Å². The molecule has 0 radical (unpaired) electrons. The minimum Gasteiger partial charge on any atom is -0.469 e. The number of hydrogen-bond donors (Lipinski definition) is 0. The number of hydrogen-bond acceptors (Lipinski definition) is 2. The smallest absolute Gasteiger partial charge is 0.305 e. The minimum atomic E-state index is -0.123. The lowest BCUT2D eigenvalue weighted by Crippen LogP contribution is -1.97. The lowest BCUT2D eigenvalue weighted by atomic mass is 10.3. The molecule has 0 bridgehead atoms. The van der Waals surface area contributed by atoms with E-state index in [0.717, 1.165) is 6.42 Å². The molecule has 0 spiro atoms. The molecule has 0 aromatic heterocycles. The van der Waals surface area contributed by atoms with Crippen molar-refractivity contribution in [3.63, 3.8) is 0 Å². The number of methoxy groups -OCH3 is 1. The second kappa shape index (κ2) is 7.20. The number of rotatable bonds is 2. The summed E-state index contributed by atoms with van der Waals surface area (Å²) < 4.78 is 4.35. The van der Waals surface area contributed by atoms with Crippen molar-refractivity contribution in [1.82, 2.24) is 0 Å². The molecule has 2 nitrogen and oxygen atoms in total. The van der Waals surface area contributed by atoms with Crippen LogP contribution in [0.1, 0.15) is 19.8 Å². The molecule has 0 aromatic rings. The van der Waals surface area contributed by atoms with E-state index in [2.05, 4.69) is 4.74 Å². The van der Waals surface area contributed by atoms with E-state index in [4.69, 9.17) is 0 Å². The molecule has 0 saturated heterocycles. The summed E-state index contributed by atoms with van der Waals surface area (Å²) in [6.45, 7) is 1.94. The predicted octanol–water partition coefficient (Wildman–Crippen LogP) is 1.58. The molecule has 0 aromatic carbocycles. The fourth-order valence-corrected chi connectivity index (χ4v) is 0.306. The normalized spacial score (nSPS) is 7.25. The van der Waals surface area contributed by atoms with Gasteiger partial charge in [-0.15, -0.1) is 24.0 Å². The number of carbonyl (C=O) groups excluding carboxylic acids is 1. The van der Waals surface area contributed by atoms with E-state index < -0.39 is 0 Å². The summed E-state index contributed by atoms with van der Waals surface area (Å²) >= 11 is 0. The van der Waals surface area contributed by atoms with Crippen LogP contribution >= 0.6 is 24.0 Å². The highest BCUT2D eigenvalue weighted by molar-refractivity contribution is 14.0. The van der Waals surface area contributed by atoms with Gasteiger partial charge in [-0.1, -0.05) is 6.92 Å². The summed E-state index contributed by atoms with van der Waals surface area (Å²) in [5, 5.41) is 0. The highest BCUT2D eigenvalue weighted by atomic mass is 127. The second-order valence-corrected chi connectivity index (χ2v) is 1.33. The van der Waals surface area contributed by atoms with Gasteiger partial charge in [0.05, 0.1) is 7.11 Å². The molecule has 0 fully saturated rings. The number of ether oxygens (including phenoxy) is 1. The third kappa shape index (κ3) is 6.20. The Morgan fingerprint density at radius 1 is 1.62 bits per heavy atom. The van der Waals surface area contributed by atoms with Gasteiger partial charge in [0.25, 0.3) is 0 Å². The molecule has 0 rings (SSSR count). The minimum absolute atomic E-state index is 0. The molecular formula is C5H11IO2. The van der Waals surface area contributed by atoms with Gasteiger partial charge in [0.2, 0.25) is 0 Å². The van der Waals surface area contributed by atoms with Crippen LogP contribution in [0.4, 0.5) is 0 Å². The van der Waals surface area contributed by atoms with Crippen molar-refractivity contribution in [2.45, 2.75) is 19.8 Å². The topological polar surface area (TPSA) is 26.3 Å². The number of esters is 1. The summed E-state index contributed by atoms with van der Waals surface area (Å²) in [7, 11) is 1.40. The maximum atomic E-state index is 10.2. The van der Waals surface area contributed by atoms with E-state index in [-0.39, 0.29) is 29.9 Å². The molecule has 0 aliphatic heterocycles. The summed E-state index contributed by atoms with van der Waals surface area (Å²) in [6, 6.07) is 0. The largest absolute Gasteiger partial charge is 0.469 e. The highest BCUT2D eigenvalue weighted by Crippen LogP contribution is 1.86. The van der Waals surface area contributed by atoms with Crippen molar-refractivity contribution in [3.05, 3.63) is 0 Å². The standard InChI is InChI=1S/C5H10O2.HI/c1-3-4-5(6)7-2;/h3-4H2,1-2H3;1H. The molecule has 0 unspecified atom stereocenters. The monoisotopic (exact) mass is 230 g/mol. The molecule has 0 aliphatic carbocycles. The molecular weight excluding hydrogens is 219 g/mol. The second-order valence-electron chi connectivity index (χ2n) is 1.33. The van der Waals surface area contributed by atoms with Gasteiger partial charge in [-0.05, 0) is 6.42 Å². The molecule has 0 amide bonds. The van der Waals surface area contributed by atoms with Gasteiger partial charge < -0.3 is 4.74 Å². The summed E-state index contributed by atoms with van der Waals surface area (Å²) in [4.78, 5) is 10.2. The molecule has 0 atom stereocenters. The van der Waals surface area contributed by atoms with Crippen LogP contribution in [0.5, 0.6) is 0 Å². The first kappa shape index (κ1) is 11.1. The Morgan fingerprint density at radius 3 is 2.25 bits per heavy atom. The molecule has 0 heterocycles. The Labute approximate surface area is 66.6 Å². The van der Waals surface area contributed by atoms with Crippen LogP contribution in [0.2, 0.25) is 0 Å². The van der Waals surface area contributed by atoms with E-state index in [1.165, 1.54) is 7.11 Å². The summed E-state index contributed by atoms with van der Waals surface area (Å²) in [5.41, 5.74) is 0. The summed E-state index contributed by atoms with van der Waals surface area (Å²) in [6.07, 6.45) is 1.41. The van der Waals surface area contributed by atoms with Crippen LogP contribution in [-0.2, 0) is 9.53 Å². The van der Waals surface area contributed by atoms with Crippen molar-refractivity contribution in [3.8, 4) is 0 Å². The Hall–Kier alpha value is 0.200. The van der Waals surface area contributed by atoms with Crippen LogP contribution in [0.15, 0.2) is 0 Å². The van der Waals surface area contributed by atoms with Crippen LogP contribution in [-0.4, -0.2) is 13.1 Å². The molecule has 0 saturated carbocycles. The van der Waals surface area contributed by atoms with Gasteiger partial charge in [-0.2, -0.15) is 0 Å². The zero-order valence-electron chi connectivity index (χ0n) is 5.14. The Kier molecular flexibility index (Phi) is 9.95. The number of carbonyl (C=O) groups is 1. The van der Waals surface area contributed by atoms with Crippen LogP contribution < -0.4 is 0 Å². The maximum absolute atomic E-state index is 10.2. The van der Waals surface area contributed by atoms with Gasteiger partial charge in [0.1, 0.15) is 0 Å². The summed E-state index contributed by atoms with van der Waals surface area (Å²) in [5.74, 6) is -0.123. The molecule has 3 heteroatoms. The zero-order chi connectivity index (χ0) is 5.70. The van der Waals surface area contributed by atoms with Gasteiger partial charge in [-0.25, -0.2) is 0 Å². The quantitative estimate of drug-likeness (QED) is 0.531. The first-order valence-corrected chi connectivity index (χ1v) is 2.38. The fourth-order valence-electron chi connectivity index (χ4n) is 0.306. The Morgan fingerprint density at radius 2 is 2.12 bits per heavy atom. The highest BCUT2D eigenvalue weighted by Gasteiger charge is 1.92. The van der Waals surface area contributed by atoms with Gasteiger partial charge in [0.15, 0.2) is 0 Å². The zero-order valence-corrected chi connectivity index (χ0v) is 7.47. The van der Waals surface area contributed by atoms with E-state index >= 15 is 0 Å². The lowest BCUT2D eigenvalue weighted by Gasteiger charge is -1.91. The van der Waals surface area contributed by atoms with Crippen molar-refractivity contribution < 1.29 is 9.53 Å². The van der Waals surface area contributed by atoms with Crippen LogP contribution in [0.3, 0.4) is 0 Å². The maximum Gasteiger partial charge on any atom is 0.305 e. The van der Waals surface area contributed by atoms with E-state index in [0.29, 0.717) is 6.42 Å². The molecule has 8 heavy (non-hydrogen) atoms. The van der Waals surface area contributed by atoms with Crippen LogP contribution in [0, 0.1) is 0 Å². The van der Waals surface area contributed by atoms with Crippen LogP contribution in [0.25, 0.3) is 0 Å². The average molecular weight is 230 g/mol.